The summed E-state index contributed by atoms with van der Waals surface area (Å²) in [6.45, 7) is 1.44. The Hall–Kier alpha value is -1.36. The first-order valence-corrected chi connectivity index (χ1v) is 6.20. The second-order valence-electron chi connectivity index (χ2n) is 4.33. The van der Waals surface area contributed by atoms with E-state index in [1.54, 1.807) is 13.4 Å². The van der Waals surface area contributed by atoms with Crippen LogP contribution in [0.5, 0.6) is 0 Å². The standard InChI is InChI=1S/C12H20N4O/c1-17-7-6-13-11-8-12(15-9-14-11)16-10-4-2-3-5-10/h8-10H,2-7H2,1H3,(H2,13,14,15,16). The van der Waals surface area contributed by atoms with E-state index in [2.05, 4.69) is 20.6 Å². The minimum absolute atomic E-state index is 0.580. The molecule has 0 atom stereocenters. The Morgan fingerprint density at radius 2 is 2.06 bits per heavy atom. The van der Waals surface area contributed by atoms with Crippen LogP contribution in [0.4, 0.5) is 11.6 Å². The molecule has 5 heteroatoms. The molecular formula is C12H20N4O. The second-order valence-corrected chi connectivity index (χ2v) is 4.33. The van der Waals surface area contributed by atoms with Gasteiger partial charge in [0.05, 0.1) is 6.61 Å². The van der Waals surface area contributed by atoms with E-state index in [4.69, 9.17) is 4.74 Å². The lowest BCUT2D eigenvalue weighted by atomic mass is 10.2. The van der Waals surface area contributed by atoms with E-state index in [0.29, 0.717) is 12.6 Å². The number of hydrogen-bond acceptors (Lipinski definition) is 5. The smallest absolute Gasteiger partial charge is 0.131 e. The summed E-state index contributed by atoms with van der Waals surface area (Å²) in [5, 5.41) is 6.64. The minimum Gasteiger partial charge on any atom is -0.383 e. The van der Waals surface area contributed by atoms with Crippen LogP contribution < -0.4 is 10.6 Å². The zero-order chi connectivity index (χ0) is 11.9. The van der Waals surface area contributed by atoms with Crippen molar-refractivity contribution in [1.82, 2.24) is 9.97 Å². The van der Waals surface area contributed by atoms with Crippen molar-refractivity contribution in [3.63, 3.8) is 0 Å². The van der Waals surface area contributed by atoms with Gasteiger partial charge in [-0.25, -0.2) is 9.97 Å². The van der Waals surface area contributed by atoms with E-state index in [9.17, 15) is 0 Å². The van der Waals surface area contributed by atoms with Gasteiger partial charge in [0.25, 0.3) is 0 Å². The SMILES string of the molecule is COCCNc1cc(NC2CCCC2)ncn1. The van der Waals surface area contributed by atoms with Crippen LogP contribution in [0.15, 0.2) is 12.4 Å². The lowest BCUT2D eigenvalue weighted by Gasteiger charge is -2.13. The van der Waals surface area contributed by atoms with Gasteiger partial charge in [-0.3, -0.25) is 0 Å². The van der Waals surface area contributed by atoms with Crippen molar-refractivity contribution in [2.24, 2.45) is 0 Å². The first-order valence-electron chi connectivity index (χ1n) is 6.20. The molecule has 0 aliphatic heterocycles. The van der Waals surface area contributed by atoms with Gasteiger partial charge in [0.1, 0.15) is 18.0 Å². The average Bonchev–Trinajstić information content (AvgIpc) is 2.83. The highest BCUT2D eigenvalue weighted by atomic mass is 16.5. The molecule has 0 radical (unpaired) electrons. The van der Waals surface area contributed by atoms with Crippen LogP contribution in [-0.2, 0) is 4.74 Å². The topological polar surface area (TPSA) is 59.1 Å². The maximum absolute atomic E-state index is 4.98. The molecule has 5 nitrogen and oxygen atoms in total. The van der Waals surface area contributed by atoms with E-state index in [0.717, 1.165) is 18.2 Å². The summed E-state index contributed by atoms with van der Waals surface area (Å²) in [6.07, 6.45) is 6.72. The van der Waals surface area contributed by atoms with E-state index >= 15 is 0 Å². The molecule has 2 N–H and O–H groups in total. The first-order chi connectivity index (χ1) is 8.38. The highest BCUT2D eigenvalue weighted by Gasteiger charge is 2.14. The summed E-state index contributed by atoms with van der Waals surface area (Å²) in [7, 11) is 1.69. The van der Waals surface area contributed by atoms with Crippen LogP contribution >= 0.6 is 0 Å². The number of methoxy groups -OCH3 is 1. The van der Waals surface area contributed by atoms with Gasteiger partial charge in [0.15, 0.2) is 0 Å². The third kappa shape index (κ3) is 3.85. The van der Waals surface area contributed by atoms with E-state index < -0.39 is 0 Å². The van der Waals surface area contributed by atoms with E-state index in [1.165, 1.54) is 25.7 Å². The third-order valence-electron chi connectivity index (χ3n) is 2.99. The summed E-state index contributed by atoms with van der Waals surface area (Å²) in [4.78, 5) is 8.41. The first kappa shape index (κ1) is 12.1. The van der Waals surface area contributed by atoms with Crippen molar-refractivity contribution in [3.05, 3.63) is 12.4 Å². The molecule has 1 fully saturated rings. The zero-order valence-corrected chi connectivity index (χ0v) is 10.3. The Bertz CT molecular complexity index is 339. The fourth-order valence-electron chi connectivity index (χ4n) is 2.09. The van der Waals surface area contributed by atoms with Crippen LogP contribution in [0.3, 0.4) is 0 Å². The van der Waals surface area contributed by atoms with Gasteiger partial charge in [-0.05, 0) is 12.8 Å². The Morgan fingerprint density at radius 1 is 1.29 bits per heavy atom. The normalized spacial score (nSPS) is 16.1. The average molecular weight is 236 g/mol. The van der Waals surface area contributed by atoms with Gasteiger partial charge >= 0.3 is 0 Å². The molecule has 1 aromatic rings. The Morgan fingerprint density at radius 3 is 2.82 bits per heavy atom. The van der Waals surface area contributed by atoms with Crippen LogP contribution in [0, 0.1) is 0 Å². The van der Waals surface area contributed by atoms with Crippen molar-refractivity contribution in [2.45, 2.75) is 31.7 Å². The number of anilines is 2. The highest BCUT2D eigenvalue weighted by Crippen LogP contribution is 2.21. The van der Waals surface area contributed by atoms with E-state index in [1.807, 2.05) is 6.07 Å². The predicted molar refractivity (Wildman–Crippen MR) is 68.3 cm³/mol. The van der Waals surface area contributed by atoms with Crippen molar-refractivity contribution >= 4 is 11.6 Å². The van der Waals surface area contributed by atoms with Crippen molar-refractivity contribution in [1.29, 1.82) is 0 Å². The van der Waals surface area contributed by atoms with E-state index in [-0.39, 0.29) is 0 Å². The highest BCUT2D eigenvalue weighted by molar-refractivity contribution is 5.46. The predicted octanol–water partition coefficient (Wildman–Crippen LogP) is 1.89. The quantitative estimate of drug-likeness (QED) is 0.739. The maximum atomic E-state index is 4.98. The Kier molecular flexibility index (Phi) is 4.55. The van der Waals surface area contributed by atoms with Gasteiger partial charge in [-0.2, -0.15) is 0 Å². The third-order valence-corrected chi connectivity index (χ3v) is 2.99. The summed E-state index contributed by atoms with van der Waals surface area (Å²) in [6, 6.07) is 2.53. The molecule has 0 saturated heterocycles. The molecule has 1 saturated carbocycles. The molecule has 2 rings (SSSR count). The van der Waals surface area contributed by atoms with Crippen LogP contribution in [0.1, 0.15) is 25.7 Å². The number of ether oxygens (including phenoxy) is 1. The van der Waals surface area contributed by atoms with Gasteiger partial charge < -0.3 is 15.4 Å². The number of nitrogens with zero attached hydrogens (tertiary/aromatic N) is 2. The molecule has 1 aliphatic rings. The Labute approximate surface area is 102 Å². The lowest BCUT2D eigenvalue weighted by Crippen LogP contribution is -2.16. The van der Waals surface area contributed by atoms with Crippen LogP contribution in [-0.4, -0.2) is 36.3 Å². The van der Waals surface area contributed by atoms with Gasteiger partial charge in [0.2, 0.25) is 0 Å². The molecule has 0 amide bonds. The fourth-order valence-corrected chi connectivity index (χ4v) is 2.09. The summed E-state index contributed by atoms with van der Waals surface area (Å²) in [5.74, 6) is 1.75. The number of hydrogen-bond donors (Lipinski definition) is 2. The molecular weight excluding hydrogens is 216 g/mol. The van der Waals surface area contributed by atoms with Crippen molar-refractivity contribution in [3.8, 4) is 0 Å². The lowest BCUT2D eigenvalue weighted by molar-refractivity contribution is 0.210. The largest absolute Gasteiger partial charge is 0.383 e. The van der Waals surface area contributed by atoms with Gasteiger partial charge in [-0.1, -0.05) is 12.8 Å². The minimum atomic E-state index is 0.580. The van der Waals surface area contributed by atoms with Crippen LogP contribution in [0.2, 0.25) is 0 Å². The van der Waals surface area contributed by atoms with Gasteiger partial charge in [0, 0.05) is 25.8 Å². The molecule has 0 spiro atoms. The summed E-state index contributed by atoms with van der Waals surface area (Å²) >= 11 is 0. The zero-order valence-electron chi connectivity index (χ0n) is 10.3. The summed E-state index contributed by atoms with van der Waals surface area (Å²) in [5.41, 5.74) is 0. The molecule has 17 heavy (non-hydrogen) atoms. The molecule has 1 heterocycles. The van der Waals surface area contributed by atoms with Crippen molar-refractivity contribution in [2.75, 3.05) is 30.9 Å². The number of rotatable bonds is 6. The van der Waals surface area contributed by atoms with Crippen LogP contribution in [0.25, 0.3) is 0 Å². The fraction of sp³-hybridized carbons (Fsp3) is 0.667. The molecule has 1 aliphatic carbocycles. The number of nitrogens with one attached hydrogen (secondary N) is 2. The molecule has 0 unspecified atom stereocenters. The maximum Gasteiger partial charge on any atom is 0.131 e. The monoisotopic (exact) mass is 236 g/mol. The second kappa shape index (κ2) is 6.39. The number of aromatic nitrogens is 2. The molecule has 0 aromatic carbocycles. The Balaban J connectivity index is 1.86. The molecule has 0 bridgehead atoms. The summed E-state index contributed by atoms with van der Waals surface area (Å²) < 4.78 is 4.98. The molecule has 94 valence electrons. The molecule has 1 aromatic heterocycles. The van der Waals surface area contributed by atoms with Crippen molar-refractivity contribution < 1.29 is 4.74 Å². The van der Waals surface area contributed by atoms with Gasteiger partial charge in [-0.15, -0.1) is 0 Å².